The van der Waals surface area contributed by atoms with Crippen LogP contribution in [-0.2, 0) is 0 Å². The van der Waals surface area contributed by atoms with Crippen molar-refractivity contribution in [2.24, 2.45) is 0 Å². The fraction of sp³-hybridized carbons (Fsp3) is 0.455. The van der Waals surface area contributed by atoms with Gasteiger partial charge in [-0.1, -0.05) is 0 Å². The Bertz CT molecular complexity index is 406. The van der Waals surface area contributed by atoms with Crippen LogP contribution in [-0.4, -0.2) is 41.5 Å². The van der Waals surface area contributed by atoms with Gasteiger partial charge in [-0.05, 0) is 13.0 Å². The number of hydrogen-bond acceptors (Lipinski definition) is 3. The van der Waals surface area contributed by atoms with Gasteiger partial charge in [-0.3, -0.25) is 9.78 Å². The van der Waals surface area contributed by atoms with Crippen molar-refractivity contribution in [1.82, 2.24) is 15.2 Å². The number of carbonyl (C=O) groups is 1. The number of piperazine rings is 1. The molecule has 0 aliphatic carbocycles. The first-order chi connectivity index (χ1) is 7.70. The van der Waals surface area contributed by atoms with Gasteiger partial charge < -0.3 is 10.2 Å². The van der Waals surface area contributed by atoms with E-state index < -0.39 is 5.82 Å². The largest absolute Gasteiger partial charge is 0.333 e. The van der Waals surface area contributed by atoms with Gasteiger partial charge >= 0.3 is 0 Å². The molecule has 2 rings (SSSR count). The smallest absolute Gasteiger partial charge is 0.257 e. The van der Waals surface area contributed by atoms with Gasteiger partial charge in [0.25, 0.3) is 5.91 Å². The highest BCUT2D eigenvalue weighted by Gasteiger charge is 2.25. The average Bonchev–Trinajstić information content (AvgIpc) is 2.29. The zero-order valence-corrected chi connectivity index (χ0v) is 11.6. The molecule has 0 aromatic carbocycles. The maximum absolute atomic E-state index is 13.4. The Morgan fingerprint density at radius 3 is 2.89 bits per heavy atom. The summed E-state index contributed by atoms with van der Waals surface area (Å²) < 4.78 is 13.4. The second-order valence-corrected chi connectivity index (χ2v) is 3.91. The molecule has 1 saturated heterocycles. The minimum absolute atomic E-state index is 0. The van der Waals surface area contributed by atoms with Crippen LogP contribution in [0.5, 0.6) is 0 Å². The Labute approximate surface area is 118 Å². The van der Waals surface area contributed by atoms with Gasteiger partial charge in [-0.2, -0.15) is 0 Å². The van der Waals surface area contributed by atoms with Crippen LogP contribution in [0.2, 0.25) is 0 Å². The summed E-state index contributed by atoms with van der Waals surface area (Å²) >= 11 is 0. The fourth-order valence-electron chi connectivity index (χ4n) is 1.85. The molecule has 1 aliphatic rings. The van der Waals surface area contributed by atoms with Crippen LogP contribution in [0, 0.1) is 5.82 Å². The second-order valence-electron chi connectivity index (χ2n) is 3.91. The summed E-state index contributed by atoms with van der Waals surface area (Å²) in [5.74, 6) is -0.813. The first kappa shape index (κ1) is 17.1. The maximum Gasteiger partial charge on any atom is 0.257 e. The molecule has 1 unspecified atom stereocenters. The van der Waals surface area contributed by atoms with Crippen molar-refractivity contribution in [3.63, 3.8) is 0 Å². The van der Waals surface area contributed by atoms with E-state index >= 15 is 0 Å². The van der Waals surface area contributed by atoms with Crippen LogP contribution in [0.15, 0.2) is 18.5 Å². The predicted octanol–water partition coefficient (Wildman–Crippen LogP) is 1.50. The van der Waals surface area contributed by atoms with Crippen LogP contribution < -0.4 is 5.32 Å². The molecule has 0 saturated carbocycles. The monoisotopic (exact) mass is 295 g/mol. The number of nitrogens with zero attached hydrogens (tertiary/aromatic N) is 2. The normalized spacial score (nSPS) is 18.6. The van der Waals surface area contributed by atoms with Crippen molar-refractivity contribution >= 4 is 30.7 Å². The van der Waals surface area contributed by atoms with Crippen molar-refractivity contribution in [2.45, 2.75) is 13.0 Å². The number of pyridine rings is 1. The van der Waals surface area contributed by atoms with E-state index in [4.69, 9.17) is 0 Å². The number of nitrogens with one attached hydrogen (secondary N) is 1. The molecule has 1 N–H and O–H groups in total. The third kappa shape index (κ3) is 3.54. The van der Waals surface area contributed by atoms with E-state index in [0.717, 1.165) is 19.3 Å². The van der Waals surface area contributed by atoms with Gasteiger partial charge in [0.15, 0.2) is 5.82 Å². The highest BCUT2D eigenvalue weighted by atomic mass is 35.5. The highest BCUT2D eigenvalue weighted by molar-refractivity contribution is 5.94. The lowest BCUT2D eigenvalue weighted by molar-refractivity contribution is 0.0651. The van der Waals surface area contributed by atoms with Gasteiger partial charge in [0.05, 0.1) is 11.8 Å². The van der Waals surface area contributed by atoms with Gasteiger partial charge in [0.2, 0.25) is 0 Å². The molecule has 1 atom stereocenters. The zero-order valence-electron chi connectivity index (χ0n) is 9.93. The summed E-state index contributed by atoms with van der Waals surface area (Å²) in [6.45, 7) is 4.06. The molecule has 1 aliphatic heterocycles. The molecule has 1 amide bonds. The molecule has 4 nitrogen and oxygen atoms in total. The van der Waals surface area contributed by atoms with Gasteiger partial charge in [-0.15, -0.1) is 24.8 Å². The molecule has 1 fully saturated rings. The maximum atomic E-state index is 13.4. The lowest BCUT2D eigenvalue weighted by Crippen LogP contribution is -2.52. The fourth-order valence-corrected chi connectivity index (χ4v) is 1.85. The Kier molecular flexibility index (Phi) is 7.13. The van der Waals surface area contributed by atoms with Crippen molar-refractivity contribution in [1.29, 1.82) is 0 Å². The van der Waals surface area contributed by atoms with E-state index in [-0.39, 0.29) is 42.3 Å². The molecule has 1 aromatic rings. The first-order valence-electron chi connectivity index (χ1n) is 5.31. The number of rotatable bonds is 1. The highest BCUT2D eigenvalue weighted by Crippen LogP contribution is 2.12. The van der Waals surface area contributed by atoms with E-state index in [1.165, 1.54) is 12.3 Å². The van der Waals surface area contributed by atoms with Gasteiger partial charge in [0, 0.05) is 31.9 Å². The predicted molar refractivity (Wildman–Crippen MR) is 72.1 cm³/mol. The molecule has 1 aromatic heterocycles. The summed E-state index contributed by atoms with van der Waals surface area (Å²) in [4.78, 5) is 17.4. The number of amides is 1. The lowest BCUT2D eigenvalue weighted by Gasteiger charge is -2.34. The Balaban J connectivity index is 0.00000144. The summed E-state index contributed by atoms with van der Waals surface area (Å²) in [5.41, 5.74) is 0.101. The number of hydrogen-bond donors (Lipinski definition) is 1. The zero-order chi connectivity index (χ0) is 11.5. The number of carbonyl (C=O) groups excluding carboxylic acids is 1. The molecule has 0 bridgehead atoms. The molecule has 7 heteroatoms. The number of halogens is 3. The van der Waals surface area contributed by atoms with E-state index in [1.54, 1.807) is 4.90 Å². The molecule has 0 spiro atoms. The SMILES string of the molecule is CC1CNCCN1C(=O)c1ccncc1F.Cl.Cl. The summed E-state index contributed by atoms with van der Waals surface area (Å²) in [7, 11) is 0. The van der Waals surface area contributed by atoms with E-state index in [9.17, 15) is 9.18 Å². The molecular weight excluding hydrogens is 280 g/mol. The Morgan fingerprint density at radius 2 is 2.28 bits per heavy atom. The van der Waals surface area contributed by atoms with Gasteiger partial charge in [-0.25, -0.2) is 4.39 Å². The molecule has 0 radical (unpaired) electrons. The van der Waals surface area contributed by atoms with Crippen LogP contribution in [0.4, 0.5) is 4.39 Å². The summed E-state index contributed by atoms with van der Waals surface area (Å²) in [6, 6.07) is 1.51. The topological polar surface area (TPSA) is 45.2 Å². The van der Waals surface area contributed by atoms with Crippen LogP contribution in [0.25, 0.3) is 0 Å². The number of aromatic nitrogens is 1. The Morgan fingerprint density at radius 1 is 1.56 bits per heavy atom. The molecule has 2 heterocycles. The minimum atomic E-state index is -0.557. The van der Waals surface area contributed by atoms with Crippen molar-refractivity contribution in [3.8, 4) is 0 Å². The standard InChI is InChI=1S/C11H14FN3O.2ClH/c1-8-6-14-4-5-15(8)11(16)9-2-3-13-7-10(9)12;;/h2-3,7-8,14H,4-6H2,1H3;2*1H. The third-order valence-electron chi connectivity index (χ3n) is 2.77. The van der Waals surface area contributed by atoms with Crippen molar-refractivity contribution in [3.05, 3.63) is 29.8 Å². The molecule has 102 valence electrons. The summed E-state index contributed by atoms with van der Waals surface area (Å²) in [6.07, 6.45) is 2.50. The van der Waals surface area contributed by atoms with E-state index in [0.29, 0.717) is 6.54 Å². The second kappa shape index (κ2) is 7.51. The summed E-state index contributed by atoms with van der Waals surface area (Å²) in [5, 5.41) is 3.19. The molecular formula is C11H16Cl2FN3O. The van der Waals surface area contributed by atoms with Crippen LogP contribution in [0.1, 0.15) is 17.3 Å². The van der Waals surface area contributed by atoms with E-state index in [1.807, 2.05) is 6.92 Å². The average molecular weight is 296 g/mol. The van der Waals surface area contributed by atoms with Crippen LogP contribution in [0.3, 0.4) is 0 Å². The first-order valence-corrected chi connectivity index (χ1v) is 5.31. The van der Waals surface area contributed by atoms with Crippen molar-refractivity contribution < 1.29 is 9.18 Å². The van der Waals surface area contributed by atoms with E-state index in [2.05, 4.69) is 10.3 Å². The lowest BCUT2D eigenvalue weighted by atomic mass is 10.1. The van der Waals surface area contributed by atoms with Gasteiger partial charge in [0.1, 0.15) is 0 Å². The quantitative estimate of drug-likeness (QED) is 0.854. The Hall–Kier alpha value is -0.910. The minimum Gasteiger partial charge on any atom is -0.333 e. The van der Waals surface area contributed by atoms with Crippen LogP contribution >= 0.6 is 24.8 Å². The molecule has 18 heavy (non-hydrogen) atoms. The third-order valence-corrected chi connectivity index (χ3v) is 2.77. The van der Waals surface area contributed by atoms with Crippen molar-refractivity contribution in [2.75, 3.05) is 19.6 Å².